The van der Waals surface area contributed by atoms with Gasteiger partial charge in [-0.15, -0.1) is 0 Å². The highest BCUT2D eigenvalue weighted by atomic mass is 14.8. The van der Waals surface area contributed by atoms with Gasteiger partial charge in [-0.1, -0.05) is 50.2 Å². The van der Waals surface area contributed by atoms with Crippen LogP contribution in [0.15, 0.2) is 48.7 Å². The van der Waals surface area contributed by atoms with Gasteiger partial charge in [0.15, 0.2) is 0 Å². The van der Waals surface area contributed by atoms with Crippen molar-refractivity contribution in [3.63, 3.8) is 0 Å². The van der Waals surface area contributed by atoms with Crippen LogP contribution >= 0.6 is 0 Å². The van der Waals surface area contributed by atoms with Gasteiger partial charge in [-0.2, -0.15) is 0 Å². The summed E-state index contributed by atoms with van der Waals surface area (Å²) < 4.78 is 0. The molecule has 3 heteroatoms. The lowest BCUT2D eigenvalue weighted by molar-refractivity contribution is 0.322. The van der Waals surface area contributed by atoms with Gasteiger partial charge < -0.3 is 11.5 Å². The Kier molecular flexibility index (Phi) is 4.40. The van der Waals surface area contributed by atoms with E-state index < -0.39 is 0 Å². The molecule has 2 rings (SSSR count). The molecule has 0 radical (unpaired) electrons. The molecule has 20 heavy (non-hydrogen) atoms. The van der Waals surface area contributed by atoms with E-state index >= 15 is 0 Å². The lowest BCUT2D eigenvalue weighted by atomic mass is 9.68. The Morgan fingerprint density at radius 2 is 1.70 bits per heavy atom. The molecule has 1 aromatic carbocycles. The van der Waals surface area contributed by atoms with Gasteiger partial charge in [0, 0.05) is 23.2 Å². The molecule has 2 aromatic rings. The second-order valence-electron chi connectivity index (χ2n) is 5.18. The summed E-state index contributed by atoms with van der Waals surface area (Å²) in [6.07, 6.45) is 3.62. The van der Waals surface area contributed by atoms with Crippen LogP contribution in [0.4, 0.5) is 5.82 Å². The number of pyridine rings is 1. The summed E-state index contributed by atoms with van der Waals surface area (Å²) in [6, 6.07) is 14.2. The molecule has 0 saturated carbocycles. The Labute approximate surface area is 121 Å². The van der Waals surface area contributed by atoms with E-state index in [0.29, 0.717) is 5.82 Å². The molecule has 1 heterocycles. The van der Waals surface area contributed by atoms with E-state index in [9.17, 15) is 0 Å². The van der Waals surface area contributed by atoms with Crippen molar-refractivity contribution in [3.05, 3.63) is 59.8 Å². The van der Waals surface area contributed by atoms with Gasteiger partial charge in [0.25, 0.3) is 0 Å². The van der Waals surface area contributed by atoms with Crippen LogP contribution in [0.25, 0.3) is 0 Å². The lowest BCUT2D eigenvalue weighted by Gasteiger charge is -2.38. The Balaban J connectivity index is 2.51. The average Bonchev–Trinajstić information content (AvgIpc) is 2.50. The quantitative estimate of drug-likeness (QED) is 0.874. The number of benzene rings is 1. The van der Waals surface area contributed by atoms with E-state index in [1.54, 1.807) is 6.20 Å². The monoisotopic (exact) mass is 269 g/mol. The molecule has 0 aliphatic carbocycles. The van der Waals surface area contributed by atoms with Crippen LogP contribution in [-0.2, 0) is 5.41 Å². The predicted molar refractivity (Wildman–Crippen MR) is 84.3 cm³/mol. The van der Waals surface area contributed by atoms with Gasteiger partial charge in [0.2, 0.25) is 0 Å². The number of rotatable bonds is 5. The second kappa shape index (κ2) is 6.06. The van der Waals surface area contributed by atoms with Crippen molar-refractivity contribution in [2.75, 3.05) is 5.73 Å². The maximum atomic E-state index is 6.61. The summed E-state index contributed by atoms with van der Waals surface area (Å²) in [5, 5.41) is 0. The normalized spacial score (nSPS) is 13.2. The van der Waals surface area contributed by atoms with Crippen LogP contribution in [0.5, 0.6) is 0 Å². The van der Waals surface area contributed by atoms with E-state index in [0.717, 1.165) is 18.4 Å². The fourth-order valence-electron chi connectivity index (χ4n) is 3.04. The summed E-state index contributed by atoms with van der Waals surface area (Å²) in [7, 11) is 0. The van der Waals surface area contributed by atoms with Gasteiger partial charge in [-0.3, -0.25) is 0 Å². The minimum Gasteiger partial charge on any atom is -0.383 e. The standard InChI is InChI=1S/C17H23N3/c1-3-17(4-2,13-9-6-5-7-10-13)15(18)14-11-8-12-20-16(14)19/h5-12,15H,3-4,18H2,1-2H3,(H2,19,20). The van der Waals surface area contributed by atoms with Crippen LogP contribution < -0.4 is 11.5 Å². The zero-order chi connectivity index (χ0) is 14.6. The first-order valence-electron chi connectivity index (χ1n) is 7.17. The number of nitrogen functional groups attached to an aromatic ring is 1. The van der Waals surface area contributed by atoms with Crippen LogP contribution in [0, 0.1) is 0 Å². The smallest absolute Gasteiger partial charge is 0.128 e. The molecular weight excluding hydrogens is 246 g/mol. The third kappa shape index (κ3) is 2.41. The maximum Gasteiger partial charge on any atom is 0.128 e. The molecule has 0 spiro atoms. The van der Waals surface area contributed by atoms with Crippen molar-refractivity contribution >= 4 is 5.82 Å². The average molecular weight is 269 g/mol. The van der Waals surface area contributed by atoms with E-state index in [1.807, 2.05) is 18.2 Å². The largest absolute Gasteiger partial charge is 0.383 e. The molecule has 1 unspecified atom stereocenters. The van der Waals surface area contributed by atoms with Crippen LogP contribution in [0.2, 0.25) is 0 Å². The van der Waals surface area contributed by atoms with Crippen molar-refractivity contribution < 1.29 is 0 Å². The summed E-state index contributed by atoms with van der Waals surface area (Å²) >= 11 is 0. The Morgan fingerprint density at radius 1 is 1.05 bits per heavy atom. The summed E-state index contributed by atoms with van der Waals surface area (Å²) in [5.41, 5.74) is 14.7. The molecule has 106 valence electrons. The fourth-order valence-corrected chi connectivity index (χ4v) is 3.04. The highest BCUT2D eigenvalue weighted by molar-refractivity contribution is 5.44. The van der Waals surface area contributed by atoms with Crippen molar-refractivity contribution in [1.29, 1.82) is 0 Å². The van der Waals surface area contributed by atoms with Crippen molar-refractivity contribution in [1.82, 2.24) is 4.98 Å². The molecular formula is C17H23N3. The van der Waals surface area contributed by atoms with E-state index in [-0.39, 0.29) is 11.5 Å². The zero-order valence-electron chi connectivity index (χ0n) is 12.2. The maximum absolute atomic E-state index is 6.61. The van der Waals surface area contributed by atoms with Gasteiger partial charge in [-0.05, 0) is 24.5 Å². The molecule has 0 amide bonds. The fraction of sp³-hybridized carbons (Fsp3) is 0.353. The van der Waals surface area contributed by atoms with Gasteiger partial charge in [-0.25, -0.2) is 4.98 Å². The first kappa shape index (κ1) is 14.5. The third-order valence-corrected chi connectivity index (χ3v) is 4.41. The molecule has 1 aromatic heterocycles. The third-order valence-electron chi connectivity index (χ3n) is 4.41. The highest BCUT2D eigenvalue weighted by Crippen LogP contribution is 2.42. The molecule has 0 aliphatic heterocycles. The molecule has 4 N–H and O–H groups in total. The molecule has 0 bridgehead atoms. The predicted octanol–water partition coefficient (Wildman–Crippen LogP) is 3.42. The molecule has 1 atom stereocenters. The van der Waals surface area contributed by atoms with E-state index in [4.69, 9.17) is 11.5 Å². The Morgan fingerprint density at radius 3 is 2.25 bits per heavy atom. The van der Waals surface area contributed by atoms with Crippen molar-refractivity contribution in [3.8, 4) is 0 Å². The van der Waals surface area contributed by atoms with Crippen LogP contribution in [0.3, 0.4) is 0 Å². The number of aromatic nitrogens is 1. The number of hydrogen-bond donors (Lipinski definition) is 2. The minimum absolute atomic E-state index is 0.113. The second-order valence-corrected chi connectivity index (χ2v) is 5.18. The summed E-state index contributed by atoms with van der Waals surface area (Å²) in [5.74, 6) is 0.530. The van der Waals surface area contributed by atoms with Gasteiger partial charge in [0.1, 0.15) is 5.82 Å². The SMILES string of the molecule is CCC(CC)(c1ccccc1)C(N)c1cccnc1N. The highest BCUT2D eigenvalue weighted by Gasteiger charge is 2.36. The number of anilines is 1. The molecule has 3 nitrogen and oxygen atoms in total. The number of nitrogens with zero attached hydrogens (tertiary/aromatic N) is 1. The number of nitrogens with two attached hydrogens (primary N) is 2. The van der Waals surface area contributed by atoms with Gasteiger partial charge in [0.05, 0.1) is 0 Å². The van der Waals surface area contributed by atoms with E-state index in [2.05, 4.69) is 43.1 Å². The zero-order valence-corrected chi connectivity index (χ0v) is 12.2. The number of hydrogen-bond acceptors (Lipinski definition) is 3. The van der Waals surface area contributed by atoms with Crippen LogP contribution in [0.1, 0.15) is 43.9 Å². The topological polar surface area (TPSA) is 64.9 Å². The first-order valence-corrected chi connectivity index (χ1v) is 7.17. The summed E-state index contributed by atoms with van der Waals surface area (Å²) in [4.78, 5) is 4.17. The lowest BCUT2D eigenvalue weighted by Crippen LogP contribution is -2.38. The van der Waals surface area contributed by atoms with Crippen LogP contribution in [-0.4, -0.2) is 4.98 Å². The molecule has 0 saturated heterocycles. The summed E-state index contributed by atoms with van der Waals surface area (Å²) in [6.45, 7) is 4.37. The van der Waals surface area contributed by atoms with Gasteiger partial charge >= 0.3 is 0 Å². The van der Waals surface area contributed by atoms with E-state index in [1.165, 1.54) is 5.56 Å². The first-order chi connectivity index (χ1) is 9.65. The molecule has 0 fully saturated rings. The van der Waals surface area contributed by atoms with Crippen molar-refractivity contribution in [2.45, 2.75) is 38.1 Å². The molecule has 0 aliphatic rings. The Bertz CT molecular complexity index is 547. The Hall–Kier alpha value is -1.87. The van der Waals surface area contributed by atoms with Crippen molar-refractivity contribution in [2.24, 2.45) is 5.73 Å². The minimum atomic E-state index is -0.159.